The molecule has 10 heteroatoms. The number of benzene rings is 3. The van der Waals surface area contributed by atoms with Crippen LogP contribution in [0.3, 0.4) is 0 Å². The molecule has 7 nitrogen and oxygen atoms in total. The minimum atomic E-state index is -0.409. The number of thiocarbonyl (C=S) groups is 1. The molecule has 5 rings (SSSR count). The lowest BCUT2D eigenvalue weighted by Gasteiger charge is -2.10. The van der Waals surface area contributed by atoms with Gasteiger partial charge in [0.25, 0.3) is 0 Å². The molecule has 0 spiro atoms. The van der Waals surface area contributed by atoms with Crippen LogP contribution in [0.4, 0.5) is 5.69 Å². The van der Waals surface area contributed by atoms with Crippen LogP contribution in [0.1, 0.15) is 36.7 Å². The number of fused-ring (bicyclic) bond motifs is 1. The van der Waals surface area contributed by atoms with Crippen LogP contribution in [0.2, 0.25) is 10.0 Å². The minimum absolute atomic E-state index is 0.156. The van der Waals surface area contributed by atoms with Gasteiger partial charge in [0.1, 0.15) is 22.6 Å². The maximum absolute atomic E-state index is 12.5. The molecule has 5 aromatic rings. The molecule has 0 aliphatic rings. The highest BCUT2D eigenvalue weighted by molar-refractivity contribution is 7.80. The van der Waals surface area contributed by atoms with Gasteiger partial charge in [-0.05, 0) is 97.7 Å². The van der Waals surface area contributed by atoms with Gasteiger partial charge >= 0.3 is 0 Å². The minimum Gasteiger partial charge on any atom is -0.457 e. The Hall–Kier alpha value is -3.98. The van der Waals surface area contributed by atoms with E-state index in [0.29, 0.717) is 32.6 Å². The molecule has 1 amide bonds. The van der Waals surface area contributed by atoms with Crippen molar-refractivity contribution in [3.05, 3.63) is 99.7 Å². The Labute approximate surface area is 253 Å². The number of carbonyl (C=O) groups excluding carboxylic acids is 1. The summed E-state index contributed by atoms with van der Waals surface area (Å²) in [6.45, 7) is 4.13. The van der Waals surface area contributed by atoms with Crippen molar-refractivity contribution >= 4 is 69.2 Å². The van der Waals surface area contributed by atoms with E-state index in [1.807, 2.05) is 37.3 Å². The number of nitrogens with one attached hydrogen (secondary N) is 2. The summed E-state index contributed by atoms with van der Waals surface area (Å²) in [7, 11) is 0. The summed E-state index contributed by atoms with van der Waals surface area (Å²) >= 11 is 17.7. The molecule has 0 saturated carbocycles. The fraction of sp³-hybridized carbons (Fsp3) is 0.161. The fourth-order valence-electron chi connectivity index (χ4n) is 4.24. The molecule has 0 saturated heterocycles. The number of nitrogens with zero attached hydrogens (tertiary/aromatic N) is 3. The second-order valence-corrected chi connectivity index (χ2v) is 10.7. The Kier molecular flexibility index (Phi) is 8.83. The first-order valence-corrected chi connectivity index (χ1v) is 14.3. The summed E-state index contributed by atoms with van der Waals surface area (Å²) in [5.41, 5.74) is 5.96. The van der Waals surface area contributed by atoms with E-state index >= 15 is 0 Å². The molecule has 41 heavy (non-hydrogen) atoms. The Morgan fingerprint density at radius 1 is 1.05 bits per heavy atom. The number of furan rings is 1. The van der Waals surface area contributed by atoms with Crippen LogP contribution in [-0.2, 0) is 11.2 Å². The van der Waals surface area contributed by atoms with Crippen LogP contribution in [0.25, 0.3) is 34.1 Å². The number of carbonyl (C=O) groups is 1. The van der Waals surface area contributed by atoms with E-state index in [9.17, 15) is 4.79 Å². The molecule has 0 aliphatic heterocycles. The lowest BCUT2D eigenvalue weighted by molar-refractivity contribution is -0.115. The number of anilines is 1. The Balaban J connectivity index is 1.22. The summed E-state index contributed by atoms with van der Waals surface area (Å²) in [6, 6.07) is 20.9. The van der Waals surface area contributed by atoms with Crippen LogP contribution in [0.5, 0.6) is 0 Å². The van der Waals surface area contributed by atoms with Gasteiger partial charge < -0.3 is 9.73 Å². The third-order valence-corrected chi connectivity index (χ3v) is 7.46. The number of hydrogen-bond donors (Lipinski definition) is 2. The van der Waals surface area contributed by atoms with Gasteiger partial charge in [0, 0.05) is 17.3 Å². The van der Waals surface area contributed by atoms with Crippen molar-refractivity contribution in [2.24, 2.45) is 0 Å². The Morgan fingerprint density at radius 3 is 2.56 bits per heavy atom. The zero-order valence-electron chi connectivity index (χ0n) is 22.4. The van der Waals surface area contributed by atoms with Crippen molar-refractivity contribution in [1.82, 2.24) is 20.3 Å². The Morgan fingerprint density at radius 2 is 1.80 bits per heavy atom. The summed E-state index contributed by atoms with van der Waals surface area (Å²) in [5.74, 6) is 0.611. The topological polar surface area (TPSA) is 85.0 Å². The van der Waals surface area contributed by atoms with Crippen LogP contribution in [0, 0.1) is 6.92 Å². The van der Waals surface area contributed by atoms with Crippen LogP contribution >= 0.6 is 35.4 Å². The Bertz CT molecular complexity index is 1760. The smallest absolute Gasteiger partial charge is 0.250 e. The number of hydrogen-bond acceptors (Lipinski definition) is 5. The van der Waals surface area contributed by atoms with E-state index in [4.69, 9.17) is 39.8 Å². The first-order chi connectivity index (χ1) is 19.8. The van der Waals surface area contributed by atoms with Gasteiger partial charge in [-0.1, -0.05) is 54.7 Å². The third kappa shape index (κ3) is 6.85. The molecule has 2 aromatic heterocycles. The third-order valence-electron chi connectivity index (χ3n) is 6.44. The first-order valence-electron chi connectivity index (χ1n) is 13.1. The summed E-state index contributed by atoms with van der Waals surface area (Å²) < 4.78 is 5.80. The molecule has 0 radical (unpaired) electrons. The number of amides is 1. The second kappa shape index (κ2) is 12.7. The molecule has 0 fully saturated rings. The molecular formula is C31H27Cl2N5O2S. The van der Waals surface area contributed by atoms with E-state index in [2.05, 4.69) is 39.9 Å². The van der Waals surface area contributed by atoms with Crippen molar-refractivity contribution < 1.29 is 9.21 Å². The summed E-state index contributed by atoms with van der Waals surface area (Å²) in [4.78, 5) is 14.1. The van der Waals surface area contributed by atoms with E-state index in [0.717, 1.165) is 28.9 Å². The first kappa shape index (κ1) is 28.5. The van der Waals surface area contributed by atoms with Crippen LogP contribution < -0.4 is 10.6 Å². The molecule has 208 valence electrons. The van der Waals surface area contributed by atoms with Crippen molar-refractivity contribution in [3.63, 3.8) is 0 Å². The van der Waals surface area contributed by atoms with Gasteiger partial charge in [0.05, 0.1) is 15.7 Å². The molecule has 2 N–H and O–H groups in total. The molecule has 0 aliphatic carbocycles. The summed E-state index contributed by atoms with van der Waals surface area (Å²) in [5, 5.41) is 16.0. The van der Waals surface area contributed by atoms with E-state index in [1.54, 1.807) is 35.1 Å². The van der Waals surface area contributed by atoms with Gasteiger partial charge in [-0.25, -0.2) is 0 Å². The molecule has 0 atom stereocenters. The average Bonchev–Trinajstić information content (AvgIpc) is 3.60. The van der Waals surface area contributed by atoms with Gasteiger partial charge in [-0.3, -0.25) is 10.1 Å². The maximum atomic E-state index is 12.5. The van der Waals surface area contributed by atoms with Gasteiger partial charge in [-0.2, -0.15) is 4.80 Å². The lowest BCUT2D eigenvalue weighted by atomic mass is 10.1. The highest BCUT2D eigenvalue weighted by Gasteiger charge is 2.12. The van der Waals surface area contributed by atoms with Crippen molar-refractivity contribution in [1.29, 1.82) is 0 Å². The maximum Gasteiger partial charge on any atom is 0.250 e. The van der Waals surface area contributed by atoms with Gasteiger partial charge in [0.2, 0.25) is 5.91 Å². The predicted molar refractivity (Wildman–Crippen MR) is 170 cm³/mol. The average molecular weight is 605 g/mol. The molecular weight excluding hydrogens is 577 g/mol. The lowest BCUT2D eigenvalue weighted by Crippen LogP contribution is -2.33. The highest BCUT2D eigenvalue weighted by atomic mass is 35.5. The van der Waals surface area contributed by atoms with Gasteiger partial charge in [0.15, 0.2) is 5.11 Å². The van der Waals surface area contributed by atoms with E-state index < -0.39 is 5.91 Å². The van der Waals surface area contributed by atoms with Crippen molar-refractivity contribution in [2.45, 2.75) is 33.1 Å². The van der Waals surface area contributed by atoms with Gasteiger partial charge in [-0.15, -0.1) is 10.2 Å². The van der Waals surface area contributed by atoms with Crippen molar-refractivity contribution in [3.8, 4) is 17.0 Å². The van der Waals surface area contributed by atoms with E-state index in [1.165, 1.54) is 24.5 Å². The monoisotopic (exact) mass is 603 g/mol. The second-order valence-electron chi connectivity index (χ2n) is 9.50. The standard InChI is InChI=1S/C31H27Cl2N5O2S/c1-3-4-6-20-9-11-21(12-10-20)38-36-26-17-19(2)25(18-27(26)37-38)34-31(41)35-29(39)16-14-22-13-15-28(40-22)23-7-5-8-24(32)30(23)33/h5,7-18H,3-4,6H2,1-2H3,(H2,34,35,39,41). The number of rotatable bonds is 8. The normalized spacial score (nSPS) is 11.3. The number of aryl methyl sites for hydroxylation is 2. The fourth-order valence-corrected chi connectivity index (χ4v) is 4.85. The zero-order valence-corrected chi connectivity index (χ0v) is 24.8. The number of aromatic nitrogens is 3. The number of halogens is 2. The number of unbranched alkanes of at least 4 members (excludes halogenated alkanes) is 1. The van der Waals surface area contributed by atoms with Crippen LogP contribution in [0.15, 0.2) is 77.2 Å². The highest BCUT2D eigenvalue weighted by Crippen LogP contribution is 2.34. The predicted octanol–water partition coefficient (Wildman–Crippen LogP) is 8.16. The zero-order chi connectivity index (χ0) is 28.9. The largest absolute Gasteiger partial charge is 0.457 e. The summed E-state index contributed by atoms with van der Waals surface area (Å²) in [6.07, 6.45) is 6.29. The molecule has 0 bridgehead atoms. The van der Waals surface area contributed by atoms with Crippen molar-refractivity contribution in [2.75, 3.05) is 5.32 Å². The molecule has 3 aromatic carbocycles. The quantitative estimate of drug-likeness (QED) is 0.137. The van der Waals surface area contributed by atoms with E-state index in [-0.39, 0.29) is 5.11 Å². The molecule has 2 heterocycles. The SMILES string of the molecule is CCCCc1ccc(-n2nc3cc(C)c(NC(=S)NC(=O)C=Cc4ccc(-c5cccc(Cl)c5Cl)o4)cc3n2)cc1. The molecule has 0 unspecified atom stereocenters. The van der Waals surface area contributed by atoms with Crippen LogP contribution in [-0.4, -0.2) is 26.0 Å².